The molecule has 0 unspecified atom stereocenters. The molecule has 0 atom stereocenters. The Bertz CT molecular complexity index is 507. The predicted octanol–water partition coefficient (Wildman–Crippen LogP) is 1.61. The number of aromatic nitrogens is 1. The molecule has 1 saturated carbocycles. The van der Waals surface area contributed by atoms with Crippen molar-refractivity contribution in [3.63, 3.8) is 0 Å². The molecule has 1 amide bonds. The molecular formula is C15H24N4O2. The van der Waals surface area contributed by atoms with Crippen LogP contribution in [0.25, 0.3) is 0 Å². The van der Waals surface area contributed by atoms with Crippen LogP contribution in [-0.2, 0) is 4.79 Å². The van der Waals surface area contributed by atoms with Crippen LogP contribution in [0.2, 0.25) is 0 Å². The van der Waals surface area contributed by atoms with Crippen molar-refractivity contribution in [2.45, 2.75) is 25.7 Å². The van der Waals surface area contributed by atoms with E-state index in [0.717, 1.165) is 24.9 Å². The highest BCUT2D eigenvalue weighted by molar-refractivity contribution is 5.96. The number of carbonyl (C=O) groups is 1. The normalized spacial score (nSPS) is 16.0. The van der Waals surface area contributed by atoms with E-state index in [2.05, 4.69) is 10.3 Å². The number of pyridine rings is 1. The molecule has 1 aliphatic rings. The Labute approximate surface area is 125 Å². The molecule has 0 spiro atoms. The summed E-state index contributed by atoms with van der Waals surface area (Å²) in [5.74, 6) is 0.388. The average molecular weight is 292 g/mol. The summed E-state index contributed by atoms with van der Waals surface area (Å²) in [6.07, 6.45) is 5.33. The first-order valence-corrected chi connectivity index (χ1v) is 7.21. The molecular weight excluding hydrogens is 268 g/mol. The molecule has 21 heavy (non-hydrogen) atoms. The number of rotatable bonds is 6. The van der Waals surface area contributed by atoms with E-state index < -0.39 is 0 Å². The quantitative estimate of drug-likeness (QED) is 0.832. The van der Waals surface area contributed by atoms with Gasteiger partial charge in [-0.25, -0.2) is 4.98 Å². The molecule has 0 saturated heterocycles. The third kappa shape index (κ3) is 3.26. The van der Waals surface area contributed by atoms with Gasteiger partial charge in [0.15, 0.2) is 0 Å². The summed E-state index contributed by atoms with van der Waals surface area (Å²) in [5, 5.41) is 2.95. The van der Waals surface area contributed by atoms with Gasteiger partial charge in [-0.1, -0.05) is 6.42 Å². The summed E-state index contributed by atoms with van der Waals surface area (Å²) >= 11 is 0. The number of amides is 1. The monoisotopic (exact) mass is 292 g/mol. The minimum absolute atomic E-state index is 0.0161. The van der Waals surface area contributed by atoms with E-state index in [9.17, 15) is 4.79 Å². The Kier molecular flexibility index (Phi) is 4.67. The van der Waals surface area contributed by atoms with Crippen molar-refractivity contribution in [2.75, 3.05) is 38.0 Å². The maximum atomic E-state index is 12.4. The molecule has 0 radical (unpaired) electrons. The highest BCUT2D eigenvalue weighted by Crippen LogP contribution is 2.43. The van der Waals surface area contributed by atoms with Gasteiger partial charge in [-0.15, -0.1) is 0 Å². The van der Waals surface area contributed by atoms with Gasteiger partial charge in [0.1, 0.15) is 5.69 Å². The summed E-state index contributed by atoms with van der Waals surface area (Å²) < 4.78 is 5.26. The van der Waals surface area contributed by atoms with Crippen molar-refractivity contribution in [3.8, 4) is 5.88 Å². The molecule has 1 aromatic rings. The summed E-state index contributed by atoms with van der Waals surface area (Å²) in [6.45, 7) is 0.561. The lowest BCUT2D eigenvalue weighted by Crippen LogP contribution is -2.40. The summed E-state index contributed by atoms with van der Waals surface area (Å²) in [6, 6.07) is 1.85. The van der Waals surface area contributed by atoms with E-state index in [1.54, 1.807) is 13.3 Å². The highest BCUT2D eigenvalue weighted by Gasteiger charge is 2.37. The second-order valence-corrected chi connectivity index (χ2v) is 5.89. The number of anilines is 2. The first kappa shape index (κ1) is 15.6. The van der Waals surface area contributed by atoms with E-state index in [-0.39, 0.29) is 11.3 Å². The molecule has 1 heterocycles. The van der Waals surface area contributed by atoms with Gasteiger partial charge in [-0.2, -0.15) is 0 Å². The van der Waals surface area contributed by atoms with E-state index in [4.69, 9.17) is 10.5 Å². The Morgan fingerprint density at radius 1 is 1.52 bits per heavy atom. The molecule has 6 nitrogen and oxygen atoms in total. The minimum atomic E-state index is -0.0328. The van der Waals surface area contributed by atoms with Crippen LogP contribution in [0, 0.1) is 5.41 Å². The number of hydrogen-bond acceptors (Lipinski definition) is 5. The molecule has 1 aromatic heterocycles. The number of nitrogens with two attached hydrogens (primary N) is 1. The lowest BCUT2D eigenvalue weighted by atomic mass is 9.66. The third-order valence-electron chi connectivity index (χ3n) is 4.22. The average Bonchev–Trinajstić information content (AvgIpc) is 2.42. The van der Waals surface area contributed by atoms with E-state index in [1.165, 1.54) is 0 Å². The van der Waals surface area contributed by atoms with Crippen LogP contribution in [0.5, 0.6) is 5.88 Å². The second kappa shape index (κ2) is 6.30. The predicted molar refractivity (Wildman–Crippen MR) is 83.7 cm³/mol. The fourth-order valence-electron chi connectivity index (χ4n) is 2.73. The zero-order valence-electron chi connectivity index (χ0n) is 13.0. The maximum Gasteiger partial charge on any atom is 0.239 e. The number of nitrogens with one attached hydrogen (secondary N) is 1. The Balaban J connectivity index is 2.16. The molecule has 116 valence electrons. The highest BCUT2D eigenvalue weighted by atomic mass is 16.5. The lowest BCUT2D eigenvalue weighted by molar-refractivity contribution is -0.119. The van der Waals surface area contributed by atoms with Gasteiger partial charge in [0, 0.05) is 26.7 Å². The van der Waals surface area contributed by atoms with Gasteiger partial charge in [0.2, 0.25) is 11.8 Å². The Morgan fingerprint density at radius 3 is 2.71 bits per heavy atom. The van der Waals surface area contributed by atoms with Gasteiger partial charge in [-0.05, 0) is 30.9 Å². The van der Waals surface area contributed by atoms with Gasteiger partial charge >= 0.3 is 0 Å². The minimum Gasteiger partial charge on any atom is -0.479 e. The van der Waals surface area contributed by atoms with Gasteiger partial charge in [0.05, 0.1) is 12.8 Å². The van der Waals surface area contributed by atoms with E-state index >= 15 is 0 Å². The van der Waals surface area contributed by atoms with Gasteiger partial charge in [0.25, 0.3) is 0 Å². The zero-order valence-corrected chi connectivity index (χ0v) is 13.0. The van der Waals surface area contributed by atoms with Crippen molar-refractivity contribution >= 4 is 17.3 Å². The fourth-order valence-corrected chi connectivity index (χ4v) is 2.73. The smallest absolute Gasteiger partial charge is 0.239 e. The van der Waals surface area contributed by atoms with Crippen LogP contribution in [0.4, 0.5) is 11.4 Å². The van der Waals surface area contributed by atoms with E-state index in [1.807, 2.05) is 25.1 Å². The molecule has 1 fully saturated rings. The summed E-state index contributed by atoms with van der Waals surface area (Å²) in [7, 11) is 5.38. The van der Waals surface area contributed by atoms with Crippen molar-refractivity contribution in [3.05, 3.63) is 12.3 Å². The first-order valence-electron chi connectivity index (χ1n) is 7.21. The van der Waals surface area contributed by atoms with Crippen LogP contribution in [-0.4, -0.2) is 38.6 Å². The van der Waals surface area contributed by atoms with Crippen molar-refractivity contribution in [1.29, 1.82) is 0 Å². The van der Waals surface area contributed by atoms with Gasteiger partial charge in [-0.3, -0.25) is 4.79 Å². The zero-order chi connectivity index (χ0) is 15.5. The van der Waals surface area contributed by atoms with Crippen molar-refractivity contribution in [2.24, 2.45) is 11.1 Å². The second-order valence-electron chi connectivity index (χ2n) is 5.89. The number of methoxy groups -OCH3 is 1. The Morgan fingerprint density at radius 2 is 2.24 bits per heavy atom. The summed E-state index contributed by atoms with van der Waals surface area (Å²) in [5.41, 5.74) is 7.28. The van der Waals surface area contributed by atoms with Crippen LogP contribution in [0.3, 0.4) is 0 Å². The summed E-state index contributed by atoms with van der Waals surface area (Å²) in [4.78, 5) is 18.4. The van der Waals surface area contributed by atoms with Crippen molar-refractivity contribution in [1.82, 2.24) is 4.98 Å². The topological polar surface area (TPSA) is 80.5 Å². The van der Waals surface area contributed by atoms with E-state index in [0.29, 0.717) is 24.5 Å². The SMILES string of the molecule is COc1nccc(N(C)C)c1NC(=O)CC1(CN)CCC1. The molecule has 2 rings (SSSR count). The molecule has 0 aromatic carbocycles. The standard InChI is InChI=1S/C15H24N4O2/c1-19(2)11-5-8-17-14(21-3)13(11)18-12(20)9-15(10-16)6-4-7-15/h5,8H,4,6-7,9-10,16H2,1-3H3,(H,18,20). The lowest BCUT2D eigenvalue weighted by Gasteiger charge is -2.40. The number of hydrogen-bond donors (Lipinski definition) is 2. The van der Waals surface area contributed by atoms with Crippen LogP contribution >= 0.6 is 0 Å². The molecule has 0 aliphatic heterocycles. The molecule has 1 aliphatic carbocycles. The van der Waals surface area contributed by atoms with Crippen LogP contribution < -0.4 is 20.7 Å². The first-order chi connectivity index (χ1) is 10.0. The van der Waals surface area contributed by atoms with Crippen LogP contribution in [0.1, 0.15) is 25.7 Å². The van der Waals surface area contributed by atoms with Crippen molar-refractivity contribution < 1.29 is 9.53 Å². The van der Waals surface area contributed by atoms with Gasteiger partial charge < -0.3 is 20.7 Å². The molecule has 3 N–H and O–H groups in total. The largest absolute Gasteiger partial charge is 0.479 e. The Hall–Kier alpha value is -1.82. The fraction of sp³-hybridized carbons (Fsp3) is 0.600. The number of carbonyl (C=O) groups excluding carboxylic acids is 1. The number of ether oxygens (including phenoxy) is 1. The number of nitrogens with zero attached hydrogens (tertiary/aromatic N) is 2. The maximum absolute atomic E-state index is 12.4. The van der Waals surface area contributed by atoms with Crippen LogP contribution in [0.15, 0.2) is 12.3 Å². The third-order valence-corrected chi connectivity index (χ3v) is 4.22. The molecule has 0 bridgehead atoms. The molecule has 6 heteroatoms.